The number of benzene rings is 3. The normalized spacial score (nSPS) is 16.7. The second-order valence-corrected chi connectivity index (χ2v) is 11.8. The number of pyridine rings is 1. The lowest BCUT2D eigenvalue weighted by Crippen LogP contribution is -2.31. The van der Waals surface area contributed by atoms with Crippen molar-refractivity contribution in [2.75, 3.05) is 24.2 Å². The largest absolute Gasteiger partial charge is 0.324 e. The van der Waals surface area contributed by atoms with Crippen molar-refractivity contribution in [2.45, 2.75) is 23.8 Å². The van der Waals surface area contributed by atoms with Gasteiger partial charge in [-0.2, -0.15) is 4.98 Å². The van der Waals surface area contributed by atoms with Gasteiger partial charge >= 0.3 is 0 Å². The van der Waals surface area contributed by atoms with Crippen molar-refractivity contribution in [1.82, 2.24) is 19.9 Å². The van der Waals surface area contributed by atoms with Crippen LogP contribution >= 0.6 is 23.4 Å². The molecule has 0 bridgehead atoms. The molecule has 0 saturated carbocycles. The summed E-state index contributed by atoms with van der Waals surface area (Å²) in [6.45, 7) is 1.91. The third kappa shape index (κ3) is 5.17. The van der Waals surface area contributed by atoms with Crippen LogP contribution < -0.4 is 16.2 Å². The van der Waals surface area contributed by atoms with Gasteiger partial charge in [-0.15, -0.1) is 11.8 Å². The molecule has 2 N–H and O–H groups in total. The monoisotopic (exact) mass is 577 g/mol. The molecule has 8 heteroatoms. The van der Waals surface area contributed by atoms with Crippen LogP contribution in [0.5, 0.6) is 0 Å². The van der Waals surface area contributed by atoms with E-state index in [1.54, 1.807) is 18.0 Å². The van der Waals surface area contributed by atoms with Crippen molar-refractivity contribution in [2.24, 2.45) is 0 Å². The summed E-state index contributed by atoms with van der Waals surface area (Å²) in [6, 6.07) is 26.0. The summed E-state index contributed by atoms with van der Waals surface area (Å²) in [5.41, 5.74) is 6.52. The number of hydrogen-bond donors (Lipinski definition) is 2. The van der Waals surface area contributed by atoms with Gasteiger partial charge in [0.15, 0.2) is 0 Å². The molecule has 204 valence electrons. The fourth-order valence-electron chi connectivity index (χ4n) is 5.65. The fraction of sp³-hybridized carbons (Fsp3) is 0.182. The number of anilines is 2. The van der Waals surface area contributed by atoms with E-state index in [1.807, 2.05) is 47.0 Å². The molecule has 7 rings (SSSR count). The van der Waals surface area contributed by atoms with Crippen LogP contribution in [0, 0.1) is 0 Å². The summed E-state index contributed by atoms with van der Waals surface area (Å²) in [6.07, 6.45) is 5.82. The molecule has 0 fully saturated rings. The molecule has 5 aromatic rings. The second kappa shape index (κ2) is 11.2. The summed E-state index contributed by atoms with van der Waals surface area (Å²) in [4.78, 5) is 25.0. The van der Waals surface area contributed by atoms with Crippen LogP contribution in [0.2, 0.25) is 5.02 Å². The summed E-state index contributed by atoms with van der Waals surface area (Å²) >= 11 is 8.34. The minimum Gasteiger partial charge on any atom is -0.324 e. The molecule has 0 saturated heterocycles. The highest BCUT2D eigenvalue weighted by molar-refractivity contribution is 7.99. The van der Waals surface area contributed by atoms with Gasteiger partial charge in [0, 0.05) is 50.6 Å². The van der Waals surface area contributed by atoms with Crippen molar-refractivity contribution in [3.63, 3.8) is 0 Å². The van der Waals surface area contributed by atoms with Crippen molar-refractivity contribution in [3.05, 3.63) is 118 Å². The molecular weight excluding hydrogens is 550 g/mol. The first-order chi connectivity index (χ1) is 20.1. The molecule has 2 aliphatic heterocycles. The molecule has 1 unspecified atom stereocenters. The van der Waals surface area contributed by atoms with Crippen molar-refractivity contribution in [1.29, 1.82) is 0 Å². The quantitative estimate of drug-likeness (QED) is 0.232. The van der Waals surface area contributed by atoms with Crippen LogP contribution in [0.1, 0.15) is 23.6 Å². The summed E-state index contributed by atoms with van der Waals surface area (Å²) < 4.78 is 1.86. The van der Waals surface area contributed by atoms with E-state index in [1.165, 1.54) is 21.6 Å². The average Bonchev–Trinajstić information content (AvgIpc) is 3.02. The van der Waals surface area contributed by atoms with Gasteiger partial charge in [-0.3, -0.25) is 9.36 Å². The first-order valence-corrected chi connectivity index (χ1v) is 15.2. The molecule has 0 spiro atoms. The second-order valence-electron chi connectivity index (χ2n) is 10.3. The van der Waals surface area contributed by atoms with Gasteiger partial charge in [-0.1, -0.05) is 66.2 Å². The predicted octanol–water partition coefficient (Wildman–Crippen LogP) is 7.12. The Bertz CT molecular complexity index is 1850. The number of hydrogen-bond acceptors (Lipinski definition) is 6. The molecule has 2 aliphatic rings. The molecule has 41 heavy (non-hydrogen) atoms. The molecule has 0 amide bonds. The lowest BCUT2D eigenvalue weighted by molar-refractivity contribution is 0.540. The minimum atomic E-state index is -0.0974. The fourth-order valence-corrected chi connectivity index (χ4v) is 7.04. The smallest absolute Gasteiger partial charge is 0.260 e. The Morgan fingerprint density at radius 2 is 1.83 bits per heavy atom. The third-order valence-corrected chi connectivity index (χ3v) is 9.33. The standard InChI is InChI=1S/C33H28ClN5OS/c34-29-7-3-2-6-27(29)28-18-24-19-36-33(37-25-11-9-21(10-12-25)22-13-15-35-16-14-22)38-31(24)39(32(28)40)26-17-23-5-1-4-8-30(23)41-20-26/h1-13,18-19,26,35H,14-17,20H2,(H,36,37,38). The maximum Gasteiger partial charge on any atom is 0.260 e. The van der Waals surface area contributed by atoms with Gasteiger partial charge in [0.25, 0.3) is 5.56 Å². The minimum absolute atomic E-state index is 0.0624. The number of halogens is 1. The third-order valence-electron chi connectivity index (χ3n) is 7.74. The van der Waals surface area contributed by atoms with E-state index in [9.17, 15) is 4.79 Å². The van der Waals surface area contributed by atoms with Gasteiger partial charge in [0.05, 0.1) is 6.04 Å². The Kier molecular flexibility index (Phi) is 7.08. The Labute approximate surface area is 247 Å². The molecule has 3 aromatic carbocycles. The van der Waals surface area contributed by atoms with Gasteiger partial charge in [0.2, 0.25) is 5.95 Å². The van der Waals surface area contributed by atoms with E-state index < -0.39 is 0 Å². The van der Waals surface area contributed by atoms with E-state index in [0.717, 1.165) is 42.8 Å². The highest BCUT2D eigenvalue weighted by atomic mass is 35.5. The van der Waals surface area contributed by atoms with Gasteiger partial charge in [0.1, 0.15) is 5.65 Å². The number of nitrogens with zero attached hydrogens (tertiary/aromatic N) is 3. The number of fused-ring (bicyclic) bond motifs is 2. The van der Waals surface area contributed by atoms with Crippen molar-refractivity contribution >= 4 is 51.6 Å². The van der Waals surface area contributed by atoms with Crippen LogP contribution in [-0.4, -0.2) is 33.4 Å². The number of aromatic nitrogens is 3. The summed E-state index contributed by atoms with van der Waals surface area (Å²) in [7, 11) is 0. The first-order valence-electron chi connectivity index (χ1n) is 13.8. The predicted molar refractivity (Wildman–Crippen MR) is 169 cm³/mol. The van der Waals surface area contributed by atoms with Gasteiger partial charge < -0.3 is 10.6 Å². The Balaban J connectivity index is 1.30. The van der Waals surface area contributed by atoms with Crippen molar-refractivity contribution < 1.29 is 0 Å². The molecule has 4 heterocycles. The maximum atomic E-state index is 14.2. The van der Waals surface area contributed by atoms with Crippen LogP contribution in [0.4, 0.5) is 11.6 Å². The van der Waals surface area contributed by atoms with Crippen molar-refractivity contribution in [3.8, 4) is 11.1 Å². The molecule has 2 aromatic heterocycles. The van der Waals surface area contributed by atoms with Crippen LogP contribution in [0.15, 0.2) is 101 Å². The molecule has 0 radical (unpaired) electrons. The van der Waals surface area contributed by atoms with E-state index in [2.05, 4.69) is 58.1 Å². The molecule has 0 aliphatic carbocycles. The SMILES string of the molecule is O=c1c(-c2ccccc2Cl)cc2cnc(Nc3ccc(C4=CCNCC4)cc3)nc2n1C1CSc2ccccc2C1. The zero-order valence-electron chi connectivity index (χ0n) is 22.3. The zero-order valence-corrected chi connectivity index (χ0v) is 23.9. The number of nitrogens with one attached hydrogen (secondary N) is 2. The Morgan fingerprint density at radius 3 is 2.66 bits per heavy atom. The molecular formula is C33H28ClN5OS. The van der Waals surface area contributed by atoms with E-state index in [-0.39, 0.29) is 11.6 Å². The highest BCUT2D eigenvalue weighted by Gasteiger charge is 2.25. The summed E-state index contributed by atoms with van der Waals surface area (Å²) in [5.74, 6) is 1.23. The number of thioether (sulfide) groups is 1. The lowest BCUT2D eigenvalue weighted by Gasteiger charge is -2.27. The van der Waals surface area contributed by atoms with E-state index in [0.29, 0.717) is 27.7 Å². The lowest BCUT2D eigenvalue weighted by atomic mass is 10.0. The number of rotatable bonds is 5. The topological polar surface area (TPSA) is 71.8 Å². The Hall–Kier alpha value is -3.91. The summed E-state index contributed by atoms with van der Waals surface area (Å²) in [5, 5.41) is 8.05. The highest BCUT2D eigenvalue weighted by Crippen LogP contribution is 2.36. The zero-order chi connectivity index (χ0) is 27.8. The van der Waals surface area contributed by atoms with Gasteiger partial charge in [-0.25, -0.2) is 4.98 Å². The Morgan fingerprint density at radius 1 is 1.00 bits per heavy atom. The van der Waals surface area contributed by atoms with Crippen LogP contribution in [-0.2, 0) is 6.42 Å². The van der Waals surface area contributed by atoms with Crippen LogP contribution in [0.25, 0.3) is 27.7 Å². The van der Waals surface area contributed by atoms with E-state index in [4.69, 9.17) is 16.6 Å². The van der Waals surface area contributed by atoms with Crippen LogP contribution in [0.3, 0.4) is 0 Å². The van der Waals surface area contributed by atoms with E-state index >= 15 is 0 Å². The molecule has 1 atom stereocenters. The van der Waals surface area contributed by atoms with Gasteiger partial charge in [-0.05, 0) is 66.4 Å². The average molecular weight is 578 g/mol. The molecule has 6 nitrogen and oxygen atoms in total. The first kappa shape index (κ1) is 26.0. The maximum absolute atomic E-state index is 14.2.